The first-order chi connectivity index (χ1) is 11.5. The Balaban J connectivity index is 2.17. The van der Waals surface area contributed by atoms with E-state index in [9.17, 15) is 4.79 Å². The van der Waals surface area contributed by atoms with Gasteiger partial charge in [-0.2, -0.15) is 5.10 Å². The molecular weight excluding hydrogens is 343 g/mol. The summed E-state index contributed by atoms with van der Waals surface area (Å²) in [5.41, 5.74) is 2.79. The van der Waals surface area contributed by atoms with Gasteiger partial charge in [0, 0.05) is 11.1 Å². The Hall–Kier alpha value is -2.36. The summed E-state index contributed by atoms with van der Waals surface area (Å²) in [4.78, 5) is 12.1. The molecule has 0 aliphatic carbocycles. The van der Waals surface area contributed by atoms with E-state index >= 15 is 0 Å². The van der Waals surface area contributed by atoms with E-state index in [0.717, 1.165) is 5.56 Å². The fraction of sp³-hybridized carbons (Fsp3) is 0.0526. The van der Waals surface area contributed by atoms with E-state index in [1.807, 2.05) is 25.1 Å². The predicted octanol–water partition coefficient (Wildman–Crippen LogP) is 5.65. The quantitative estimate of drug-likeness (QED) is 0.535. The lowest BCUT2D eigenvalue weighted by Gasteiger charge is -1.98. The van der Waals surface area contributed by atoms with E-state index in [4.69, 9.17) is 23.2 Å². The van der Waals surface area contributed by atoms with Crippen LogP contribution in [0.3, 0.4) is 0 Å². The second kappa shape index (κ2) is 8.48. The Bertz CT molecular complexity index is 845. The van der Waals surface area contributed by atoms with Crippen LogP contribution >= 0.6 is 23.2 Å². The maximum Gasteiger partial charge on any atom is 0.185 e. The summed E-state index contributed by atoms with van der Waals surface area (Å²) in [5.74, 6) is -0.131. The van der Waals surface area contributed by atoms with Crippen LogP contribution < -0.4 is 0 Å². The smallest absolute Gasteiger partial charge is 0.185 e. The first kappa shape index (κ1) is 18.0. The lowest BCUT2D eigenvalue weighted by atomic mass is 10.1. The van der Waals surface area contributed by atoms with Gasteiger partial charge in [-0.05, 0) is 37.3 Å². The summed E-state index contributed by atoms with van der Waals surface area (Å²) < 4.78 is 0. The number of hydrogen-bond donors (Lipinski definition) is 1. The SMILES string of the molecule is C=C/C(=C\C=C/C)C(=O)/C=C/c1cc(-c2ccc(Cl)c(Cl)c2)n[nH]1. The number of nitrogens with one attached hydrogen (secondary N) is 1. The molecule has 3 nitrogen and oxygen atoms in total. The number of benzene rings is 1. The number of carbonyl (C=O) groups excluding carboxylic acids is 1. The van der Waals surface area contributed by atoms with E-state index in [0.29, 0.717) is 27.0 Å². The van der Waals surface area contributed by atoms with E-state index < -0.39 is 0 Å². The van der Waals surface area contributed by atoms with Crippen molar-refractivity contribution in [1.29, 1.82) is 0 Å². The Morgan fingerprint density at radius 3 is 2.71 bits per heavy atom. The monoisotopic (exact) mass is 358 g/mol. The molecule has 0 fully saturated rings. The van der Waals surface area contributed by atoms with Crippen LogP contribution in [0.25, 0.3) is 17.3 Å². The Morgan fingerprint density at radius 1 is 1.25 bits per heavy atom. The van der Waals surface area contributed by atoms with Crippen molar-refractivity contribution in [3.05, 3.63) is 82.5 Å². The molecule has 0 spiro atoms. The van der Waals surface area contributed by atoms with Crippen LogP contribution in [-0.4, -0.2) is 16.0 Å². The van der Waals surface area contributed by atoms with Crippen LogP contribution in [0.5, 0.6) is 0 Å². The normalized spacial score (nSPS) is 12.2. The van der Waals surface area contributed by atoms with Crippen molar-refractivity contribution >= 4 is 35.1 Å². The third-order valence-electron chi connectivity index (χ3n) is 3.20. The van der Waals surface area contributed by atoms with Gasteiger partial charge in [0.2, 0.25) is 0 Å². The Morgan fingerprint density at radius 2 is 2.04 bits per heavy atom. The first-order valence-electron chi connectivity index (χ1n) is 7.23. The van der Waals surface area contributed by atoms with E-state index in [2.05, 4.69) is 16.8 Å². The fourth-order valence-electron chi connectivity index (χ4n) is 1.94. The second-order valence-corrected chi connectivity index (χ2v) is 5.70. The maximum absolute atomic E-state index is 12.1. The van der Waals surface area contributed by atoms with Crippen molar-refractivity contribution in [2.24, 2.45) is 0 Å². The highest BCUT2D eigenvalue weighted by molar-refractivity contribution is 6.42. The predicted molar refractivity (Wildman–Crippen MR) is 101 cm³/mol. The summed E-state index contributed by atoms with van der Waals surface area (Å²) in [6, 6.07) is 7.12. The number of ketones is 1. The molecule has 2 aromatic rings. The average molecular weight is 359 g/mol. The van der Waals surface area contributed by atoms with Crippen LogP contribution in [0, 0.1) is 0 Å². The molecule has 5 heteroatoms. The highest BCUT2D eigenvalue weighted by Crippen LogP contribution is 2.27. The molecule has 0 amide bonds. The summed E-state index contributed by atoms with van der Waals surface area (Å²) in [7, 11) is 0. The number of allylic oxidation sites excluding steroid dienone is 6. The van der Waals surface area contributed by atoms with Gasteiger partial charge in [0.15, 0.2) is 5.78 Å². The molecule has 0 saturated carbocycles. The molecule has 1 aromatic heterocycles. The number of aromatic amines is 1. The lowest BCUT2D eigenvalue weighted by Crippen LogP contribution is -1.94. The summed E-state index contributed by atoms with van der Waals surface area (Å²) in [6.07, 6.45) is 10.0. The zero-order chi connectivity index (χ0) is 17.5. The van der Waals surface area contributed by atoms with E-state index in [-0.39, 0.29) is 5.78 Å². The van der Waals surface area contributed by atoms with Gasteiger partial charge in [-0.3, -0.25) is 9.89 Å². The molecule has 1 aromatic carbocycles. The number of hydrogen-bond acceptors (Lipinski definition) is 2. The Labute approximate surface area is 151 Å². The number of rotatable bonds is 6. The van der Waals surface area contributed by atoms with Crippen molar-refractivity contribution in [2.75, 3.05) is 0 Å². The molecule has 0 saturated heterocycles. The number of H-pyrrole nitrogens is 1. The van der Waals surface area contributed by atoms with Crippen molar-refractivity contribution in [1.82, 2.24) is 10.2 Å². The third-order valence-corrected chi connectivity index (χ3v) is 3.94. The summed E-state index contributed by atoms with van der Waals surface area (Å²) in [5, 5.41) is 8.04. The van der Waals surface area contributed by atoms with Crippen LogP contribution in [0.15, 0.2) is 66.8 Å². The second-order valence-electron chi connectivity index (χ2n) is 4.89. The molecule has 0 unspecified atom stereocenters. The van der Waals surface area contributed by atoms with Gasteiger partial charge >= 0.3 is 0 Å². The highest BCUT2D eigenvalue weighted by atomic mass is 35.5. The molecule has 1 N–H and O–H groups in total. The van der Waals surface area contributed by atoms with Crippen LogP contribution in [0.1, 0.15) is 12.6 Å². The van der Waals surface area contributed by atoms with Gasteiger partial charge < -0.3 is 0 Å². The highest BCUT2D eigenvalue weighted by Gasteiger charge is 2.06. The number of halogens is 2. The standard InChI is InChI=1S/C19H16Cl2N2O/c1-3-5-6-13(4-2)19(24)10-8-15-12-18(23-22-15)14-7-9-16(20)17(21)11-14/h3-12H,2H2,1H3,(H,22,23)/b5-3-,10-8+,13-6+. The fourth-order valence-corrected chi connectivity index (χ4v) is 2.24. The molecule has 1 heterocycles. The molecule has 0 bridgehead atoms. The molecule has 2 rings (SSSR count). The zero-order valence-corrected chi connectivity index (χ0v) is 14.6. The van der Waals surface area contributed by atoms with Gasteiger partial charge in [-0.15, -0.1) is 0 Å². The topological polar surface area (TPSA) is 45.8 Å². The molecule has 122 valence electrons. The molecule has 0 radical (unpaired) electrons. The van der Waals surface area contributed by atoms with Crippen LogP contribution in [-0.2, 0) is 4.79 Å². The minimum Gasteiger partial charge on any atom is -0.289 e. The Kier molecular flexibility index (Phi) is 6.36. The van der Waals surface area contributed by atoms with Crippen molar-refractivity contribution < 1.29 is 4.79 Å². The van der Waals surface area contributed by atoms with Gasteiger partial charge in [0.05, 0.1) is 21.4 Å². The molecule has 0 aliphatic heterocycles. The number of nitrogens with zero attached hydrogens (tertiary/aromatic N) is 1. The van der Waals surface area contributed by atoms with Crippen molar-refractivity contribution in [3.63, 3.8) is 0 Å². The molecular formula is C19H16Cl2N2O. The number of aromatic nitrogens is 2. The molecule has 0 atom stereocenters. The molecule has 24 heavy (non-hydrogen) atoms. The minimum absolute atomic E-state index is 0.131. The average Bonchev–Trinajstić information content (AvgIpc) is 3.05. The first-order valence-corrected chi connectivity index (χ1v) is 7.99. The largest absolute Gasteiger partial charge is 0.289 e. The minimum atomic E-state index is -0.131. The van der Waals surface area contributed by atoms with Crippen molar-refractivity contribution in [2.45, 2.75) is 6.92 Å². The van der Waals surface area contributed by atoms with Crippen LogP contribution in [0.4, 0.5) is 0 Å². The van der Waals surface area contributed by atoms with Gasteiger partial charge in [0.25, 0.3) is 0 Å². The van der Waals surface area contributed by atoms with Gasteiger partial charge in [0.1, 0.15) is 0 Å². The third kappa shape index (κ3) is 4.57. The van der Waals surface area contributed by atoms with Gasteiger partial charge in [-0.25, -0.2) is 0 Å². The lowest BCUT2D eigenvalue weighted by molar-refractivity contribution is -0.111. The van der Waals surface area contributed by atoms with Crippen LogP contribution in [0.2, 0.25) is 10.0 Å². The zero-order valence-electron chi connectivity index (χ0n) is 13.1. The van der Waals surface area contributed by atoms with E-state index in [1.165, 1.54) is 12.2 Å². The van der Waals surface area contributed by atoms with Gasteiger partial charge in [-0.1, -0.05) is 60.2 Å². The van der Waals surface area contributed by atoms with Crippen molar-refractivity contribution in [3.8, 4) is 11.3 Å². The maximum atomic E-state index is 12.1. The molecule has 0 aliphatic rings. The summed E-state index contributed by atoms with van der Waals surface area (Å²) >= 11 is 11.9. The number of carbonyl (C=O) groups is 1. The van der Waals surface area contributed by atoms with E-state index in [1.54, 1.807) is 30.4 Å². The summed E-state index contributed by atoms with van der Waals surface area (Å²) in [6.45, 7) is 5.53.